The number of ether oxygens (including phenoxy) is 2. The first-order valence-corrected chi connectivity index (χ1v) is 9.11. The number of hydrogen-bond donors (Lipinski definition) is 0. The molecule has 2 atom stereocenters. The highest BCUT2D eigenvalue weighted by Crippen LogP contribution is 2.41. The van der Waals surface area contributed by atoms with Gasteiger partial charge in [0.05, 0.1) is 19.1 Å². The van der Waals surface area contributed by atoms with Gasteiger partial charge in [0, 0.05) is 12.1 Å². The van der Waals surface area contributed by atoms with Crippen molar-refractivity contribution in [3.8, 4) is 11.8 Å². The van der Waals surface area contributed by atoms with E-state index >= 15 is 0 Å². The number of aryl methyl sites for hydroxylation is 1. The summed E-state index contributed by atoms with van der Waals surface area (Å²) in [6.07, 6.45) is 0.620. The van der Waals surface area contributed by atoms with Gasteiger partial charge in [0.15, 0.2) is 6.61 Å². The van der Waals surface area contributed by atoms with Gasteiger partial charge in [-0.15, -0.1) is 0 Å². The van der Waals surface area contributed by atoms with Crippen molar-refractivity contribution in [2.75, 3.05) is 18.6 Å². The molecule has 1 fully saturated rings. The fourth-order valence-electron chi connectivity index (χ4n) is 3.54. The van der Waals surface area contributed by atoms with E-state index in [4.69, 9.17) is 14.7 Å². The van der Waals surface area contributed by atoms with E-state index in [0.717, 1.165) is 16.8 Å². The van der Waals surface area contributed by atoms with Crippen molar-refractivity contribution in [3.63, 3.8) is 0 Å². The summed E-state index contributed by atoms with van der Waals surface area (Å²) in [7, 11) is 1.58. The number of amides is 1. The largest absolute Gasteiger partial charge is 0.497 e. The molecule has 0 N–H and O–H groups in total. The molecule has 2 aromatic carbocycles. The van der Waals surface area contributed by atoms with Crippen LogP contribution in [0.5, 0.6) is 5.75 Å². The van der Waals surface area contributed by atoms with Crippen LogP contribution in [0.4, 0.5) is 5.69 Å². The number of hydrogen-bond acceptors (Lipinski definition) is 5. The number of piperidine rings is 1. The highest BCUT2D eigenvalue weighted by atomic mass is 16.5. The Labute approximate surface area is 164 Å². The molecule has 0 spiro atoms. The van der Waals surface area contributed by atoms with Gasteiger partial charge >= 0.3 is 5.97 Å². The summed E-state index contributed by atoms with van der Waals surface area (Å²) < 4.78 is 10.3. The van der Waals surface area contributed by atoms with Crippen LogP contribution < -0.4 is 9.64 Å². The molecular weight excluding hydrogens is 356 g/mol. The van der Waals surface area contributed by atoms with Gasteiger partial charge in [0.1, 0.15) is 11.8 Å². The zero-order valence-electron chi connectivity index (χ0n) is 15.9. The van der Waals surface area contributed by atoms with E-state index in [-0.39, 0.29) is 18.9 Å². The van der Waals surface area contributed by atoms with Crippen LogP contribution >= 0.6 is 0 Å². The van der Waals surface area contributed by atoms with Crippen LogP contribution in [-0.2, 0) is 14.3 Å². The normalized spacial score (nSPS) is 19.0. The van der Waals surface area contributed by atoms with Crippen LogP contribution in [0.3, 0.4) is 0 Å². The second kappa shape index (κ2) is 8.57. The van der Waals surface area contributed by atoms with E-state index in [1.165, 1.54) is 0 Å². The van der Waals surface area contributed by atoms with Crippen LogP contribution in [0.1, 0.15) is 30.0 Å². The van der Waals surface area contributed by atoms with Crippen molar-refractivity contribution in [2.24, 2.45) is 5.92 Å². The number of carbonyl (C=O) groups excluding carboxylic acids is 2. The lowest BCUT2D eigenvalue weighted by molar-refractivity contribution is -0.149. The number of methoxy groups -OCH3 is 1. The Balaban J connectivity index is 2.05. The molecule has 0 aliphatic carbocycles. The number of nitriles is 1. The lowest BCUT2D eigenvalue weighted by Gasteiger charge is -2.40. The molecule has 1 aliphatic rings. The van der Waals surface area contributed by atoms with Crippen molar-refractivity contribution in [3.05, 3.63) is 59.7 Å². The SMILES string of the molecule is COc1ccc([C@H]2[C@H](C(=O)OCC#N)CCC(=O)N2c2ccc(C)cc2)cc1. The van der Waals surface area contributed by atoms with Crippen LogP contribution in [0.25, 0.3) is 0 Å². The zero-order valence-corrected chi connectivity index (χ0v) is 15.9. The van der Waals surface area contributed by atoms with Gasteiger partial charge in [-0.05, 0) is 43.2 Å². The molecule has 1 aliphatic heterocycles. The monoisotopic (exact) mass is 378 g/mol. The van der Waals surface area contributed by atoms with Crippen molar-refractivity contribution in [1.82, 2.24) is 0 Å². The summed E-state index contributed by atoms with van der Waals surface area (Å²) >= 11 is 0. The molecule has 0 unspecified atom stereocenters. The summed E-state index contributed by atoms with van der Waals surface area (Å²) in [6, 6.07) is 16.3. The quantitative estimate of drug-likeness (QED) is 0.744. The number of nitrogens with zero attached hydrogens (tertiary/aromatic N) is 2. The molecule has 0 bridgehead atoms. The number of anilines is 1. The predicted molar refractivity (Wildman–Crippen MR) is 104 cm³/mol. The minimum absolute atomic E-state index is 0.0472. The van der Waals surface area contributed by atoms with E-state index in [0.29, 0.717) is 12.2 Å². The molecule has 0 saturated carbocycles. The molecule has 144 valence electrons. The van der Waals surface area contributed by atoms with E-state index in [1.807, 2.05) is 49.4 Å². The minimum Gasteiger partial charge on any atom is -0.497 e. The Hall–Kier alpha value is -3.33. The van der Waals surface area contributed by atoms with Crippen LogP contribution in [0.15, 0.2) is 48.5 Å². The second-order valence-corrected chi connectivity index (χ2v) is 6.73. The summed E-state index contributed by atoms with van der Waals surface area (Å²) in [5.41, 5.74) is 2.63. The number of benzene rings is 2. The van der Waals surface area contributed by atoms with Gasteiger partial charge in [-0.1, -0.05) is 29.8 Å². The minimum atomic E-state index is -0.555. The number of rotatable bonds is 5. The lowest BCUT2D eigenvalue weighted by Crippen LogP contribution is -2.46. The molecule has 28 heavy (non-hydrogen) atoms. The zero-order chi connectivity index (χ0) is 20.1. The average molecular weight is 378 g/mol. The van der Waals surface area contributed by atoms with Crippen molar-refractivity contribution in [1.29, 1.82) is 5.26 Å². The van der Waals surface area contributed by atoms with Crippen molar-refractivity contribution < 1.29 is 19.1 Å². The average Bonchev–Trinajstić information content (AvgIpc) is 2.72. The lowest BCUT2D eigenvalue weighted by atomic mass is 9.83. The van der Waals surface area contributed by atoms with E-state index in [2.05, 4.69) is 0 Å². The first kappa shape index (κ1) is 19.4. The van der Waals surface area contributed by atoms with E-state index in [1.54, 1.807) is 24.1 Å². The van der Waals surface area contributed by atoms with E-state index < -0.39 is 17.9 Å². The topological polar surface area (TPSA) is 79.6 Å². The molecule has 3 rings (SSSR count). The van der Waals surface area contributed by atoms with Gasteiger partial charge in [-0.25, -0.2) is 0 Å². The number of esters is 1. The van der Waals surface area contributed by atoms with Gasteiger partial charge in [-0.2, -0.15) is 5.26 Å². The van der Waals surface area contributed by atoms with Gasteiger partial charge in [-0.3, -0.25) is 9.59 Å². The molecule has 0 aromatic heterocycles. The summed E-state index contributed by atoms with van der Waals surface area (Å²) in [6.45, 7) is 1.67. The molecule has 2 aromatic rings. The Bertz CT molecular complexity index is 884. The third-order valence-electron chi connectivity index (χ3n) is 4.95. The fourth-order valence-corrected chi connectivity index (χ4v) is 3.54. The van der Waals surface area contributed by atoms with Crippen molar-refractivity contribution in [2.45, 2.75) is 25.8 Å². The molecule has 6 nitrogen and oxygen atoms in total. The van der Waals surface area contributed by atoms with Gasteiger partial charge in [0.25, 0.3) is 0 Å². The Morgan fingerprint density at radius 2 is 1.86 bits per heavy atom. The molecular formula is C22H22N2O4. The van der Waals surface area contributed by atoms with Crippen molar-refractivity contribution >= 4 is 17.6 Å². The molecule has 0 radical (unpaired) electrons. The summed E-state index contributed by atoms with van der Waals surface area (Å²) in [5.74, 6) is -0.377. The van der Waals surface area contributed by atoms with Gasteiger partial charge < -0.3 is 14.4 Å². The maximum absolute atomic E-state index is 12.9. The van der Waals surface area contributed by atoms with Crippen LogP contribution in [0.2, 0.25) is 0 Å². The predicted octanol–water partition coefficient (Wildman–Crippen LogP) is 3.55. The van der Waals surface area contributed by atoms with Gasteiger partial charge in [0.2, 0.25) is 5.91 Å². The Morgan fingerprint density at radius 3 is 2.46 bits per heavy atom. The third kappa shape index (κ3) is 3.99. The Morgan fingerprint density at radius 1 is 1.18 bits per heavy atom. The fraction of sp³-hybridized carbons (Fsp3) is 0.318. The first-order chi connectivity index (χ1) is 13.5. The summed E-state index contributed by atoms with van der Waals surface area (Å²) in [5, 5.41) is 8.75. The second-order valence-electron chi connectivity index (χ2n) is 6.73. The van der Waals surface area contributed by atoms with E-state index in [9.17, 15) is 9.59 Å². The van der Waals surface area contributed by atoms with Crippen LogP contribution in [0, 0.1) is 24.2 Å². The highest BCUT2D eigenvalue weighted by molar-refractivity contribution is 5.97. The summed E-state index contributed by atoms with van der Waals surface area (Å²) in [4.78, 5) is 27.2. The maximum Gasteiger partial charge on any atom is 0.312 e. The smallest absolute Gasteiger partial charge is 0.312 e. The molecule has 1 heterocycles. The standard InChI is InChI=1S/C22H22N2O4/c1-15-3-7-17(8-4-15)24-20(25)12-11-19(22(26)28-14-13-23)21(24)16-5-9-18(27-2)10-6-16/h3-10,19,21H,11-12,14H2,1-2H3/t19-,21+/m1/s1. The molecule has 1 saturated heterocycles. The van der Waals surface area contributed by atoms with Crippen LogP contribution in [-0.4, -0.2) is 25.6 Å². The third-order valence-corrected chi connectivity index (χ3v) is 4.95. The Kier molecular flexibility index (Phi) is 5.95. The number of carbonyl (C=O) groups is 2. The maximum atomic E-state index is 12.9. The molecule has 1 amide bonds. The molecule has 6 heteroatoms. The first-order valence-electron chi connectivity index (χ1n) is 9.11. The highest BCUT2D eigenvalue weighted by Gasteiger charge is 2.42.